The molecule has 4 aromatic rings. The van der Waals surface area contributed by atoms with Crippen molar-refractivity contribution in [1.29, 1.82) is 0 Å². The molecule has 39 heavy (non-hydrogen) atoms. The predicted molar refractivity (Wildman–Crippen MR) is 158 cm³/mol. The molecule has 0 aliphatic carbocycles. The van der Waals surface area contributed by atoms with Crippen molar-refractivity contribution in [3.8, 4) is 17.2 Å². The molecule has 0 spiro atoms. The Hall–Kier alpha value is -3.55. The molecular weight excluding hydrogens is 556 g/mol. The molecule has 1 amide bonds. The van der Waals surface area contributed by atoms with Crippen LogP contribution in [-0.2, 0) is 24.2 Å². The van der Waals surface area contributed by atoms with Crippen molar-refractivity contribution in [3.05, 3.63) is 99.5 Å². The molecule has 0 aromatic heterocycles. The van der Waals surface area contributed by atoms with E-state index in [1.165, 1.54) is 10.9 Å². The maximum Gasteiger partial charge on any atom is 0.234 e. The summed E-state index contributed by atoms with van der Waals surface area (Å²) >= 11 is 3.62. The van der Waals surface area contributed by atoms with Gasteiger partial charge in [-0.05, 0) is 86.1 Å². The van der Waals surface area contributed by atoms with Gasteiger partial charge in [0.05, 0.1) is 32.3 Å². The lowest BCUT2D eigenvalue weighted by Crippen LogP contribution is -2.43. The molecule has 0 saturated carbocycles. The molecule has 0 radical (unpaired) electrons. The first-order valence-corrected chi connectivity index (χ1v) is 13.8. The normalized spacial score (nSPS) is 15.0. The fourth-order valence-corrected chi connectivity index (χ4v) is 6.04. The van der Waals surface area contributed by atoms with Crippen LogP contribution in [0.2, 0.25) is 0 Å². The highest BCUT2D eigenvalue weighted by Gasteiger charge is 2.30. The third kappa shape index (κ3) is 5.89. The number of hydrogen-bond acceptors (Lipinski definition) is 5. The summed E-state index contributed by atoms with van der Waals surface area (Å²) in [5, 5.41) is 5.50. The lowest BCUT2D eigenvalue weighted by Gasteiger charge is -2.37. The van der Waals surface area contributed by atoms with Crippen molar-refractivity contribution in [2.24, 2.45) is 0 Å². The molecule has 0 saturated heterocycles. The number of nitrogens with one attached hydrogen (secondary N) is 1. The maximum absolute atomic E-state index is 13.3. The first kappa shape index (κ1) is 27.0. The van der Waals surface area contributed by atoms with E-state index in [1.807, 2.05) is 24.3 Å². The molecule has 0 fully saturated rings. The first-order chi connectivity index (χ1) is 19.0. The summed E-state index contributed by atoms with van der Waals surface area (Å²) in [6.45, 7) is 1.57. The third-order valence-corrected chi connectivity index (χ3v) is 8.08. The average molecular weight is 590 g/mol. The molecule has 1 aliphatic rings. The van der Waals surface area contributed by atoms with Crippen molar-refractivity contribution in [1.82, 2.24) is 10.2 Å². The van der Waals surface area contributed by atoms with Crippen LogP contribution in [-0.4, -0.2) is 45.2 Å². The van der Waals surface area contributed by atoms with Crippen LogP contribution in [0.1, 0.15) is 28.3 Å². The largest absolute Gasteiger partial charge is 0.496 e. The molecule has 6 nitrogen and oxygen atoms in total. The summed E-state index contributed by atoms with van der Waals surface area (Å²) in [6.07, 6.45) is 1.57. The minimum absolute atomic E-state index is 0.00263. The van der Waals surface area contributed by atoms with Crippen molar-refractivity contribution in [3.63, 3.8) is 0 Å². The van der Waals surface area contributed by atoms with Gasteiger partial charge in [0.2, 0.25) is 5.91 Å². The average Bonchev–Trinajstić information content (AvgIpc) is 2.96. The summed E-state index contributed by atoms with van der Waals surface area (Å²) in [4.78, 5) is 15.5. The van der Waals surface area contributed by atoms with Gasteiger partial charge in [-0.25, -0.2) is 0 Å². The molecule has 5 rings (SSSR count). The third-order valence-electron chi connectivity index (χ3n) is 7.46. The molecule has 1 aliphatic heterocycles. The lowest BCUT2D eigenvalue weighted by atomic mass is 9.88. The Morgan fingerprint density at radius 3 is 2.44 bits per heavy atom. The fourth-order valence-electron chi connectivity index (χ4n) is 5.45. The van der Waals surface area contributed by atoms with Gasteiger partial charge in [0.25, 0.3) is 0 Å². The summed E-state index contributed by atoms with van der Waals surface area (Å²) in [6, 6.07) is 24.7. The highest BCUT2D eigenvalue weighted by molar-refractivity contribution is 9.10. The number of ether oxygens (including phenoxy) is 3. The zero-order valence-corrected chi connectivity index (χ0v) is 24.1. The molecule has 1 unspecified atom stereocenters. The summed E-state index contributed by atoms with van der Waals surface area (Å²) in [5.41, 5.74) is 4.64. The summed E-state index contributed by atoms with van der Waals surface area (Å²) in [5.74, 6) is 2.22. The number of carbonyl (C=O) groups excluding carboxylic acids is 1. The van der Waals surface area contributed by atoms with Crippen LogP contribution in [0.5, 0.6) is 17.2 Å². The van der Waals surface area contributed by atoms with E-state index < -0.39 is 0 Å². The number of rotatable bonds is 9. The number of fused-ring (bicyclic) bond motifs is 2. The van der Waals surface area contributed by atoms with Gasteiger partial charge in [-0.1, -0.05) is 48.5 Å². The molecule has 1 N–H and O–H groups in total. The number of nitrogens with zero attached hydrogens (tertiary/aromatic N) is 1. The minimum Gasteiger partial charge on any atom is -0.496 e. The molecule has 202 valence electrons. The van der Waals surface area contributed by atoms with Gasteiger partial charge in [-0.3, -0.25) is 9.69 Å². The lowest BCUT2D eigenvalue weighted by molar-refractivity contribution is -0.123. The first-order valence-electron chi connectivity index (χ1n) is 13.0. The van der Waals surface area contributed by atoms with Gasteiger partial charge in [0, 0.05) is 19.1 Å². The van der Waals surface area contributed by atoms with Crippen LogP contribution in [0.15, 0.2) is 77.3 Å². The van der Waals surface area contributed by atoms with Crippen LogP contribution in [0.4, 0.5) is 0 Å². The van der Waals surface area contributed by atoms with Crippen molar-refractivity contribution in [2.75, 3.05) is 34.4 Å². The minimum atomic E-state index is -0.00263. The van der Waals surface area contributed by atoms with Crippen LogP contribution >= 0.6 is 15.9 Å². The van der Waals surface area contributed by atoms with E-state index in [1.54, 1.807) is 21.3 Å². The molecule has 1 atom stereocenters. The number of hydrogen-bond donors (Lipinski definition) is 1. The number of carbonyl (C=O) groups is 1. The Bertz CT molecular complexity index is 1480. The van der Waals surface area contributed by atoms with E-state index in [9.17, 15) is 4.79 Å². The van der Waals surface area contributed by atoms with Crippen LogP contribution in [0.3, 0.4) is 0 Å². The Morgan fingerprint density at radius 1 is 0.923 bits per heavy atom. The summed E-state index contributed by atoms with van der Waals surface area (Å²) in [7, 11) is 4.97. The second-order valence-corrected chi connectivity index (χ2v) is 10.6. The van der Waals surface area contributed by atoms with E-state index in [0.29, 0.717) is 18.8 Å². The Morgan fingerprint density at radius 2 is 1.67 bits per heavy atom. The Kier molecular flexibility index (Phi) is 8.38. The van der Waals surface area contributed by atoms with E-state index >= 15 is 0 Å². The molecular formula is C32H33BrN2O4. The molecule has 0 bridgehead atoms. The molecule has 1 heterocycles. The molecule has 4 aromatic carbocycles. The van der Waals surface area contributed by atoms with Gasteiger partial charge in [-0.15, -0.1) is 0 Å². The zero-order chi connectivity index (χ0) is 27.4. The number of amides is 1. The second kappa shape index (κ2) is 12.1. The smallest absolute Gasteiger partial charge is 0.234 e. The number of benzene rings is 4. The SMILES string of the molecule is COc1ccc(CC2c3cc(OC)c(OC)cc3CCN2CC(=O)NCc2cccc3ccccc23)cc1Br. The van der Waals surface area contributed by atoms with Crippen molar-refractivity contribution >= 4 is 32.6 Å². The topological polar surface area (TPSA) is 60.0 Å². The summed E-state index contributed by atoms with van der Waals surface area (Å²) < 4.78 is 17.5. The maximum atomic E-state index is 13.3. The van der Waals surface area contributed by atoms with Crippen molar-refractivity contribution < 1.29 is 19.0 Å². The van der Waals surface area contributed by atoms with Crippen molar-refractivity contribution in [2.45, 2.75) is 25.4 Å². The van der Waals surface area contributed by atoms with E-state index in [0.717, 1.165) is 57.4 Å². The van der Waals surface area contributed by atoms with E-state index in [-0.39, 0.29) is 11.9 Å². The standard InChI is InChI=1S/C32H33BrN2O4/c1-37-29-12-11-21(15-27(29)33)16-28-26-18-31(39-3)30(38-2)17-23(26)13-14-35(28)20-32(36)34-19-24-9-6-8-22-7-4-5-10-25(22)24/h4-12,15,17-18,28H,13-14,16,19-20H2,1-3H3,(H,34,36). The Labute approximate surface area is 238 Å². The Balaban J connectivity index is 1.39. The number of halogens is 1. The highest BCUT2D eigenvalue weighted by Crippen LogP contribution is 2.40. The van der Waals surface area contributed by atoms with Crippen LogP contribution in [0.25, 0.3) is 10.8 Å². The van der Waals surface area contributed by atoms with Crippen LogP contribution in [0, 0.1) is 0 Å². The van der Waals surface area contributed by atoms with Gasteiger partial charge >= 0.3 is 0 Å². The van der Waals surface area contributed by atoms with Crippen LogP contribution < -0.4 is 19.5 Å². The molecule has 7 heteroatoms. The highest BCUT2D eigenvalue weighted by atomic mass is 79.9. The van der Waals surface area contributed by atoms with Gasteiger partial charge in [-0.2, -0.15) is 0 Å². The second-order valence-electron chi connectivity index (χ2n) is 9.73. The number of methoxy groups -OCH3 is 3. The predicted octanol–water partition coefficient (Wildman–Crippen LogP) is 6.09. The monoisotopic (exact) mass is 588 g/mol. The van der Waals surface area contributed by atoms with Gasteiger partial charge in [0.1, 0.15) is 5.75 Å². The fraction of sp³-hybridized carbons (Fsp3) is 0.281. The quantitative estimate of drug-likeness (QED) is 0.256. The van der Waals surface area contributed by atoms with Gasteiger partial charge < -0.3 is 19.5 Å². The zero-order valence-electron chi connectivity index (χ0n) is 22.5. The van der Waals surface area contributed by atoms with E-state index in [4.69, 9.17) is 14.2 Å². The van der Waals surface area contributed by atoms with E-state index in [2.05, 4.69) is 74.7 Å². The van der Waals surface area contributed by atoms with Gasteiger partial charge in [0.15, 0.2) is 11.5 Å².